The number of amides is 1. The Bertz CT molecular complexity index is 1220. The lowest BCUT2D eigenvalue weighted by molar-refractivity contribution is -0.140. The van der Waals surface area contributed by atoms with Crippen molar-refractivity contribution in [3.05, 3.63) is 81.8 Å². The number of aryl methyl sites for hydroxylation is 1. The van der Waals surface area contributed by atoms with E-state index in [1.165, 1.54) is 7.11 Å². The van der Waals surface area contributed by atoms with E-state index in [0.29, 0.717) is 29.7 Å². The molecule has 0 aliphatic carbocycles. The molecule has 0 saturated heterocycles. The number of esters is 1. The molecule has 0 N–H and O–H groups in total. The third-order valence-corrected chi connectivity index (χ3v) is 6.03. The van der Waals surface area contributed by atoms with Crippen LogP contribution in [0.5, 0.6) is 0 Å². The molecule has 0 fully saturated rings. The topological polar surface area (TPSA) is 77.3 Å². The first-order chi connectivity index (χ1) is 15.5. The third kappa shape index (κ3) is 4.86. The highest BCUT2D eigenvalue weighted by molar-refractivity contribution is 7.09. The van der Waals surface area contributed by atoms with Gasteiger partial charge < -0.3 is 9.64 Å². The zero-order valence-corrected chi connectivity index (χ0v) is 18.8. The van der Waals surface area contributed by atoms with E-state index in [1.807, 2.05) is 53.4 Å². The van der Waals surface area contributed by atoms with Gasteiger partial charge in [0.1, 0.15) is 0 Å². The van der Waals surface area contributed by atoms with Crippen molar-refractivity contribution in [2.75, 3.05) is 13.7 Å². The van der Waals surface area contributed by atoms with Crippen LogP contribution in [-0.4, -0.2) is 45.2 Å². The fourth-order valence-corrected chi connectivity index (χ4v) is 4.26. The molecule has 0 unspecified atom stereocenters. The maximum Gasteiger partial charge on any atom is 0.307 e. The van der Waals surface area contributed by atoms with Crippen molar-refractivity contribution in [2.45, 2.75) is 26.4 Å². The van der Waals surface area contributed by atoms with Gasteiger partial charge in [-0.25, -0.2) is 9.67 Å². The summed E-state index contributed by atoms with van der Waals surface area (Å²) in [6.07, 6.45) is 1.82. The molecular weight excluding hydrogens is 424 g/mol. The highest BCUT2D eigenvalue weighted by atomic mass is 32.1. The Morgan fingerprint density at radius 2 is 1.97 bits per heavy atom. The summed E-state index contributed by atoms with van der Waals surface area (Å²) in [6.45, 7) is 3.12. The van der Waals surface area contributed by atoms with Gasteiger partial charge in [0, 0.05) is 23.7 Å². The number of rotatable bonds is 8. The first-order valence-corrected chi connectivity index (χ1v) is 11.2. The predicted molar refractivity (Wildman–Crippen MR) is 124 cm³/mol. The Hall–Kier alpha value is -3.52. The summed E-state index contributed by atoms with van der Waals surface area (Å²) >= 11 is 1.65. The standard InChI is InChI=1S/C24H24N4O3S/c1-17-13-20(21-14-25-28(23(21)26-17)16-19-9-6-12-32-19)24(30)27(11-10-22(29)31-2)15-18-7-4-3-5-8-18/h3-9,12-14H,10-11,15-16H2,1-2H3. The molecule has 4 aromatic rings. The number of benzene rings is 1. The van der Waals surface area contributed by atoms with Crippen LogP contribution in [0.2, 0.25) is 0 Å². The average Bonchev–Trinajstić information content (AvgIpc) is 3.46. The number of aromatic nitrogens is 3. The van der Waals surface area contributed by atoms with Crippen molar-refractivity contribution in [1.82, 2.24) is 19.7 Å². The third-order valence-electron chi connectivity index (χ3n) is 5.17. The fourth-order valence-electron chi connectivity index (χ4n) is 3.57. The molecular formula is C24H24N4O3S. The minimum atomic E-state index is -0.351. The predicted octanol–water partition coefficient (Wildman–Crippen LogP) is 4.06. The second-order valence-electron chi connectivity index (χ2n) is 7.47. The van der Waals surface area contributed by atoms with Gasteiger partial charge in [0.05, 0.1) is 37.2 Å². The molecule has 3 aromatic heterocycles. The van der Waals surface area contributed by atoms with E-state index in [2.05, 4.69) is 16.1 Å². The van der Waals surface area contributed by atoms with Crippen molar-refractivity contribution >= 4 is 34.2 Å². The van der Waals surface area contributed by atoms with Crippen molar-refractivity contribution in [1.29, 1.82) is 0 Å². The van der Waals surface area contributed by atoms with E-state index in [4.69, 9.17) is 4.74 Å². The van der Waals surface area contributed by atoms with E-state index < -0.39 is 0 Å². The van der Waals surface area contributed by atoms with Crippen molar-refractivity contribution < 1.29 is 14.3 Å². The number of carbonyl (C=O) groups is 2. The zero-order chi connectivity index (χ0) is 22.5. The van der Waals surface area contributed by atoms with Gasteiger partial charge >= 0.3 is 5.97 Å². The summed E-state index contributed by atoms with van der Waals surface area (Å²) in [4.78, 5) is 32.9. The van der Waals surface area contributed by atoms with Crippen LogP contribution in [0.3, 0.4) is 0 Å². The fraction of sp³-hybridized carbons (Fsp3) is 0.250. The normalized spacial score (nSPS) is 10.9. The molecule has 7 nitrogen and oxygen atoms in total. The smallest absolute Gasteiger partial charge is 0.307 e. The van der Waals surface area contributed by atoms with E-state index in [0.717, 1.165) is 16.1 Å². The van der Waals surface area contributed by atoms with Gasteiger partial charge in [-0.1, -0.05) is 36.4 Å². The number of ether oxygens (including phenoxy) is 1. The minimum absolute atomic E-state index is 0.125. The average molecular weight is 449 g/mol. The second kappa shape index (κ2) is 9.74. The molecule has 0 aliphatic rings. The van der Waals surface area contributed by atoms with E-state index in [-0.39, 0.29) is 24.8 Å². The van der Waals surface area contributed by atoms with Gasteiger partial charge in [-0.15, -0.1) is 11.3 Å². The van der Waals surface area contributed by atoms with Crippen LogP contribution in [0.1, 0.15) is 32.9 Å². The monoisotopic (exact) mass is 448 g/mol. The van der Waals surface area contributed by atoms with Crippen molar-refractivity contribution in [3.63, 3.8) is 0 Å². The first-order valence-electron chi connectivity index (χ1n) is 10.3. The lowest BCUT2D eigenvalue weighted by atomic mass is 10.1. The molecule has 164 valence electrons. The Morgan fingerprint density at radius 1 is 1.16 bits per heavy atom. The number of pyridine rings is 1. The van der Waals surface area contributed by atoms with Gasteiger partial charge in [-0.2, -0.15) is 5.10 Å². The lowest BCUT2D eigenvalue weighted by Gasteiger charge is -2.23. The lowest BCUT2D eigenvalue weighted by Crippen LogP contribution is -2.33. The SMILES string of the molecule is COC(=O)CCN(Cc1ccccc1)C(=O)c1cc(C)nc2c1cnn2Cc1cccs1. The summed E-state index contributed by atoms with van der Waals surface area (Å²) < 4.78 is 6.60. The second-order valence-corrected chi connectivity index (χ2v) is 8.50. The number of methoxy groups -OCH3 is 1. The van der Waals surface area contributed by atoms with Crippen LogP contribution < -0.4 is 0 Å². The van der Waals surface area contributed by atoms with Crippen molar-refractivity contribution in [3.8, 4) is 0 Å². The Kier molecular flexibility index (Phi) is 6.61. The maximum absolute atomic E-state index is 13.7. The molecule has 0 aliphatic heterocycles. The van der Waals surface area contributed by atoms with Crippen LogP contribution >= 0.6 is 11.3 Å². The number of hydrogen-bond acceptors (Lipinski definition) is 6. The Balaban J connectivity index is 1.68. The molecule has 4 rings (SSSR count). The molecule has 0 atom stereocenters. The molecule has 0 bridgehead atoms. The number of thiophene rings is 1. The molecule has 1 aromatic carbocycles. The van der Waals surface area contributed by atoms with Gasteiger partial charge in [0.15, 0.2) is 5.65 Å². The molecule has 32 heavy (non-hydrogen) atoms. The highest BCUT2D eigenvalue weighted by Gasteiger charge is 2.22. The largest absolute Gasteiger partial charge is 0.469 e. The Labute approximate surface area is 190 Å². The van der Waals surface area contributed by atoms with Crippen LogP contribution in [0.15, 0.2) is 60.1 Å². The molecule has 8 heteroatoms. The summed E-state index contributed by atoms with van der Waals surface area (Å²) in [6, 6.07) is 15.6. The quantitative estimate of drug-likeness (QED) is 0.380. The summed E-state index contributed by atoms with van der Waals surface area (Å²) in [5, 5.41) is 7.23. The summed E-state index contributed by atoms with van der Waals surface area (Å²) in [7, 11) is 1.35. The van der Waals surface area contributed by atoms with E-state index in [1.54, 1.807) is 28.5 Å². The molecule has 0 spiro atoms. The molecule has 0 saturated carbocycles. The summed E-state index contributed by atoms with van der Waals surface area (Å²) in [5.41, 5.74) is 2.93. The van der Waals surface area contributed by atoms with Crippen molar-refractivity contribution in [2.24, 2.45) is 0 Å². The van der Waals surface area contributed by atoms with Crippen LogP contribution in [-0.2, 0) is 22.6 Å². The van der Waals surface area contributed by atoms with Gasteiger partial charge in [0.2, 0.25) is 0 Å². The van der Waals surface area contributed by atoms with Crippen LogP contribution in [0, 0.1) is 6.92 Å². The van der Waals surface area contributed by atoms with Gasteiger partial charge in [0.25, 0.3) is 5.91 Å². The summed E-state index contributed by atoms with van der Waals surface area (Å²) in [5.74, 6) is -0.514. The van der Waals surface area contributed by atoms with E-state index >= 15 is 0 Å². The van der Waals surface area contributed by atoms with Crippen LogP contribution in [0.4, 0.5) is 0 Å². The highest BCUT2D eigenvalue weighted by Crippen LogP contribution is 2.23. The number of fused-ring (bicyclic) bond motifs is 1. The molecule has 1 amide bonds. The van der Waals surface area contributed by atoms with E-state index in [9.17, 15) is 9.59 Å². The number of carbonyl (C=O) groups excluding carboxylic acids is 2. The van der Waals surface area contributed by atoms with Crippen LogP contribution in [0.25, 0.3) is 11.0 Å². The minimum Gasteiger partial charge on any atom is -0.469 e. The Morgan fingerprint density at radius 3 is 2.69 bits per heavy atom. The van der Waals surface area contributed by atoms with Gasteiger partial charge in [-0.05, 0) is 30.0 Å². The first kappa shape index (κ1) is 21.7. The zero-order valence-electron chi connectivity index (χ0n) is 18.0. The number of nitrogens with zero attached hydrogens (tertiary/aromatic N) is 4. The molecule has 0 radical (unpaired) electrons. The number of hydrogen-bond donors (Lipinski definition) is 0. The maximum atomic E-state index is 13.7. The molecule has 3 heterocycles. The van der Waals surface area contributed by atoms with Gasteiger partial charge in [-0.3, -0.25) is 9.59 Å².